The quantitative estimate of drug-likeness (QED) is 0.854. The molecule has 0 aliphatic carbocycles. The molecule has 2 aromatic heterocycles. The summed E-state index contributed by atoms with van der Waals surface area (Å²) in [6.45, 7) is 4.93. The molecule has 2 N–H and O–H groups in total. The van der Waals surface area contributed by atoms with Crippen LogP contribution in [0.3, 0.4) is 0 Å². The third-order valence-electron chi connectivity index (χ3n) is 5.70. The first-order valence-electron chi connectivity index (χ1n) is 9.73. The molecule has 0 radical (unpaired) electrons. The first-order chi connectivity index (χ1) is 13.1. The summed E-state index contributed by atoms with van der Waals surface area (Å²) in [5, 5.41) is 8.99. The minimum absolute atomic E-state index is 0.308. The number of primary amides is 1. The summed E-state index contributed by atoms with van der Waals surface area (Å²) in [5.74, 6) is 2.77. The van der Waals surface area contributed by atoms with Crippen molar-refractivity contribution >= 4 is 11.7 Å². The van der Waals surface area contributed by atoms with Crippen LogP contribution in [0.15, 0.2) is 18.3 Å². The van der Waals surface area contributed by atoms with Gasteiger partial charge in [0.2, 0.25) is 5.91 Å². The summed E-state index contributed by atoms with van der Waals surface area (Å²) >= 11 is 0. The van der Waals surface area contributed by atoms with Gasteiger partial charge in [-0.05, 0) is 50.9 Å². The highest BCUT2D eigenvalue weighted by Gasteiger charge is 2.27. The van der Waals surface area contributed by atoms with Crippen molar-refractivity contribution in [3.8, 4) is 0 Å². The number of anilines is 1. The van der Waals surface area contributed by atoms with Gasteiger partial charge < -0.3 is 15.2 Å². The van der Waals surface area contributed by atoms with Gasteiger partial charge in [0.1, 0.15) is 17.5 Å². The Morgan fingerprint density at radius 3 is 2.81 bits per heavy atom. The molecule has 2 aliphatic rings. The van der Waals surface area contributed by atoms with Crippen molar-refractivity contribution in [2.24, 2.45) is 12.8 Å². The predicted octanol–water partition coefficient (Wildman–Crippen LogP) is 1.29. The Balaban J connectivity index is 1.49. The number of carbonyl (C=O) groups excluding carboxylic acids is 1. The number of hydrogen-bond donors (Lipinski definition) is 1. The fourth-order valence-electron chi connectivity index (χ4n) is 4.15. The van der Waals surface area contributed by atoms with Gasteiger partial charge in [-0.25, -0.2) is 4.98 Å². The monoisotopic (exact) mass is 369 g/mol. The van der Waals surface area contributed by atoms with Crippen LogP contribution in [0.2, 0.25) is 0 Å². The third-order valence-corrected chi connectivity index (χ3v) is 5.70. The molecule has 144 valence electrons. The van der Waals surface area contributed by atoms with Crippen LogP contribution < -0.4 is 10.6 Å². The van der Waals surface area contributed by atoms with E-state index in [2.05, 4.69) is 36.6 Å². The van der Waals surface area contributed by atoms with Gasteiger partial charge in [0.15, 0.2) is 0 Å². The Bertz CT molecular complexity index is 812. The second-order valence-electron chi connectivity index (χ2n) is 7.57. The molecule has 4 heterocycles. The predicted molar refractivity (Wildman–Crippen MR) is 102 cm³/mol. The van der Waals surface area contributed by atoms with E-state index in [1.54, 1.807) is 18.3 Å². The molecule has 2 aliphatic heterocycles. The topological polar surface area (TPSA) is 93.2 Å². The number of hydrogen-bond acceptors (Lipinski definition) is 6. The number of pyridine rings is 1. The van der Waals surface area contributed by atoms with Crippen molar-refractivity contribution in [1.82, 2.24) is 24.6 Å². The largest absolute Gasteiger partial charge is 0.366 e. The van der Waals surface area contributed by atoms with Crippen molar-refractivity contribution < 1.29 is 4.79 Å². The van der Waals surface area contributed by atoms with Crippen LogP contribution in [0.1, 0.15) is 53.6 Å². The third kappa shape index (κ3) is 3.80. The smallest absolute Gasteiger partial charge is 0.248 e. The fourth-order valence-corrected chi connectivity index (χ4v) is 4.15. The van der Waals surface area contributed by atoms with Gasteiger partial charge in [0.25, 0.3) is 0 Å². The molecule has 4 rings (SSSR count). The Hall–Kier alpha value is -2.48. The molecule has 0 aromatic carbocycles. The number of amides is 1. The van der Waals surface area contributed by atoms with Gasteiger partial charge >= 0.3 is 0 Å². The van der Waals surface area contributed by atoms with Crippen LogP contribution in [0.5, 0.6) is 0 Å². The number of carbonyl (C=O) groups is 1. The molecule has 0 spiro atoms. The highest BCUT2D eigenvalue weighted by Crippen LogP contribution is 2.29. The summed E-state index contributed by atoms with van der Waals surface area (Å²) in [6.07, 6.45) is 6.35. The Morgan fingerprint density at radius 2 is 2.04 bits per heavy atom. The van der Waals surface area contributed by atoms with E-state index in [4.69, 9.17) is 5.73 Å². The molecule has 2 aromatic rings. The summed E-state index contributed by atoms with van der Waals surface area (Å²) in [7, 11) is 2.08. The van der Waals surface area contributed by atoms with Crippen LogP contribution >= 0.6 is 0 Å². The number of nitrogens with two attached hydrogens (primary N) is 1. The molecule has 1 amide bonds. The molecule has 8 nitrogen and oxygen atoms in total. The Kier molecular flexibility index (Phi) is 5.07. The average molecular weight is 369 g/mol. The minimum Gasteiger partial charge on any atom is -0.366 e. The summed E-state index contributed by atoms with van der Waals surface area (Å²) < 4.78 is 2.17. The highest BCUT2D eigenvalue weighted by molar-refractivity contribution is 5.93. The maximum Gasteiger partial charge on any atom is 0.248 e. The van der Waals surface area contributed by atoms with Gasteiger partial charge in [-0.1, -0.05) is 0 Å². The van der Waals surface area contributed by atoms with E-state index < -0.39 is 5.91 Å². The number of likely N-dealkylation sites (tertiary alicyclic amines) is 1. The molecule has 2 saturated heterocycles. The number of aromatic nitrogens is 4. The lowest BCUT2D eigenvalue weighted by Crippen LogP contribution is -2.36. The standard InChI is InChI=1S/C19H27N7O/c1-24-17(13-25-8-2-3-9-25)22-23-19(24)15-5-4-10-26(12-15)16-11-14(18(20)27)6-7-21-16/h6-7,11,15H,2-5,8-10,12-13H2,1H3,(H2,20,27)/t15-/m1/s1. The zero-order valence-corrected chi connectivity index (χ0v) is 15.8. The highest BCUT2D eigenvalue weighted by atomic mass is 16.1. The van der Waals surface area contributed by atoms with E-state index in [9.17, 15) is 4.79 Å². The minimum atomic E-state index is -0.424. The first-order valence-corrected chi connectivity index (χ1v) is 9.73. The SMILES string of the molecule is Cn1c(CN2CCCC2)nnc1[C@@H]1CCCN(c2cc(C(N)=O)ccn2)C1. The lowest BCUT2D eigenvalue weighted by molar-refractivity contribution is 0.1000. The maximum atomic E-state index is 11.5. The second kappa shape index (κ2) is 7.64. The summed E-state index contributed by atoms with van der Waals surface area (Å²) in [4.78, 5) is 20.6. The van der Waals surface area contributed by atoms with Gasteiger partial charge in [-0.3, -0.25) is 9.69 Å². The van der Waals surface area contributed by atoms with Crippen LogP contribution in [0.25, 0.3) is 0 Å². The summed E-state index contributed by atoms with van der Waals surface area (Å²) in [6, 6.07) is 3.43. The zero-order chi connectivity index (χ0) is 18.8. The molecule has 2 fully saturated rings. The van der Waals surface area contributed by atoms with Crippen LogP contribution in [-0.4, -0.2) is 56.7 Å². The van der Waals surface area contributed by atoms with Crippen molar-refractivity contribution in [3.63, 3.8) is 0 Å². The van der Waals surface area contributed by atoms with Crippen molar-refractivity contribution in [2.45, 2.75) is 38.1 Å². The maximum absolute atomic E-state index is 11.5. The van der Waals surface area contributed by atoms with E-state index in [0.717, 1.165) is 63.0 Å². The molecular weight excluding hydrogens is 342 g/mol. The Morgan fingerprint density at radius 1 is 1.22 bits per heavy atom. The van der Waals surface area contributed by atoms with E-state index >= 15 is 0 Å². The second-order valence-corrected chi connectivity index (χ2v) is 7.57. The molecule has 0 saturated carbocycles. The molecule has 1 atom stereocenters. The van der Waals surface area contributed by atoms with Crippen molar-refractivity contribution in [1.29, 1.82) is 0 Å². The van der Waals surface area contributed by atoms with Gasteiger partial charge in [-0.15, -0.1) is 10.2 Å². The normalized spacial score (nSPS) is 20.9. The molecular formula is C19H27N7O. The number of rotatable bonds is 5. The van der Waals surface area contributed by atoms with Crippen molar-refractivity contribution in [3.05, 3.63) is 35.5 Å². The summed E-state index contributed by atoms with van der Waals surface area (Å²) in [5.41, 5.74) is 5.90. The van der Waals surface area contributed by atoms with E-state index in [1.807, 2.05) is 0 Å². The first kappa shape index (κ1) is 17.9. The molecule has 8 heteroatoms. The fraction of sp³-hybridized carbons (Fsp3) is 0.579. The van der Waals surface area contributed by atoms with E-state index in [1.165, 1.54) is 12.8 Å². The zero-order valence-electron chi connectivity index (χ0n) is 15.8. The lowest BCUT2D eigenvalue weighted by Gasteiger charge is -2.33. The van der Waals surface area contributed by atoms with Crippen LogP contribution in [-0.2, 0) is 13.6 Å². The molecule has 0 unspecified atom stereocenters. The average Bonchev–Trinajstić information content (AvgIpc) is 3.33. The van der Waals surface area contributed by atoms with E-state index in [0.29, 0.717) is 11.5 Å². The molecule has 0 bridgehead atoms. The van der Waals surface area contributed by atoms with Gasteiger partial charge in [0.05, 0.1) is 6.54 Å². The number of nitrogens with zero attached hydrogens (tertiary/aromatic N) is 6. The Labute approximate surface area is 159 Å². The van der Waals surface area contributed by atoms with Gasteiger partial charge in [0, 0.05) is 37.8 Å². The van der Waals surface area contributed by atoms with Crippen LogP contribution in [0, 0.1) is 0 Å². The van der Waals surface area contributed by atoms with Gasteiger partial charge in [-0.2, -0.15) is 0 Å². The van der Waals surface area contributed by atoms with Crippen LogP contribution in [0.4, 0.5) is 5.82 Å². The molecule has 27 heavy (non-hydrogen) atoms. The van der Waals surface area contributed by atoms with Crippen molar-refractivity contribution in [2.75, 3.05) is 31.1 Å². The lowest BCUT2D eigenvalue weighted by atomic mass is 9.97. The number of piperidine rings is 1. The van der Waals surface area contributed by atoms with E-state index in [-0.39, 0.29) is 0 Å².